The number of benzene rings is 1. The summed E-state index contributed by atoms with van der Waals surface area (Å²) in [6, 6.07) is 1.58. The van der Waals surface area contributed by atoms with Gasteiger partial charge >= 0.3 is 5.69 Å². The van der Waals surface area contributed by atoms with Crippen LogP contribution in [0, 0.1) is 22.9 Å². The molecule has 0 aromatic heterocycles. The second-order valence-corrected chi connectivity index (χ2v) is 5.46. The molecule has 0 aliphatic rings. The first-order chi connectivity index (χ1) is 8.29. The molecule has 1 aromatic rings. The smallest absolute Gasteiger partial charge is 0.258 e. The average Bonchev–Trinajstić information content (AvgIpc) is 2.25. The van der Waals surface area contributed by atoms with Gasteiger partial charge in [0.1, 0.15) is 0 Å². The molecule has 1 N–H and O–H groups in total. The van der Waals surface area contributed by atoms with E-state index in [9.17, 15) is 22.9 Å². The molecule has 1 aromatic carbocycles. The van der Waals surface area contributed by atoms with Gasteiger partial charge in [0.2, 0.25) is 15.8 Å². The lowest BCUT2D eigenvalue weighted by atomic mass is 10.2. The van der Waals surface area contributed by atoms with Gasteiger partial charge in [-0.05, 0) is 25.0 Å². The number of nitrogens with one attached hydrogen (secondary N) is 1. The van der Waals surface area contributed by atoms with Crippen LogP contribution in [0.15, 0.2) is 17.0 Å². The molecule has 1 rings (SSSR count). The molecule has 0 heterocycles. The maximum Gasteiger partial charge on any atom is 0.306 e. The van der Waals surface area contributed by atoms with Crippen LogP contribution in [-0.2, 0) is 10.0 Å². The predicted octanol–water partition coefficient (Wildman–Crippen LogP) is 1.73. The molecule has 0 spiro atoms. The van der Waals surface area contributed by atoms with Crippen LogP contribution in [-0.4, -0.2) is 19.9 Å². The van der Waals surface area contributed by atoms with Gasteiger partial charge in [-0.3, -0.25) is 10.1 Å². The lowest BCUT2D eigenvalue weighted by molar-refractivity contribution is -0.387. The number of nitro benzene ring substituents is 1. The lowest BCUT2D eigenvalue weighted by Crippen LogP contribution is -2.25. The third-order valence-electron chi connectivity index (χ3n) is 2.27. The highest BCUT2D eigenvalue weighted by Gasteiger charge is 2.23. The quantitative estimate of drug-likeness (QED) is 0.655. The van der Waals surface area contributed by atoms with Crippen LogP contribution in [0.1, 0.15) is 18.9 Å². The number of hydrogen-bond acceptors (Lipinski definition) is 4. The van der Waals surface area contributed by atoms with E-state index in [2.05, 4.69) is 4.72 Å². The first kappa shape index (κ1) is 14.5. The lowest BCUT2D eigenvalue weighted by Gasteiger charge is -2.08. The summed E-state index contributed by atoms with van der Waals surface area (Å²) < 4.78 is 39.2. The van der Waals surface area contributed by atoms with Crippen molar-refractivity contribution in [3.05, 3.63) is 33.6 Å². The third-order valence-corrected chi connectivity index (χ3v) is 3.88. The van der Waals surface area contributed by atoms with E-state index in [1.807, 2.05) is 0 Å². The van der Waals surface area contributed by atoms with Crippen molar-refractivity contribution in [3.63, 3.8) is 0 Å². The molecule has 0 saturated carbocycles. The minimum absolute atomic E-state index is 0.127. The fraction of sp³-hybridized carbons (Fsp3) is 0.400. The van der Waals surface area contributed by atoms with Gasteiger partial charge in [0.05, 0.1) is 9.82 Å². The SMILES string of the molecule is CCCNS(=O)(=O)c1cc([N+](=O)[O-])c(F)cc1C. The highest BCUT2D eigenvalue weighted by Crippen LogP contribution is 2.25. The molecule has 0 fully saturated rings. The second kappa shape index (κ2) is 5.40. The van der Waals surface area contributed by atoms with Crippen LogP contribution in [0.4, 0.5) is 10.1 Å². The van der Waals surface area contributed by atoms with Crippen molar-refractivity contribution in [1.82, 2.24) is 4.72 Å². The Morgan fingerprint density at radius 1 is 1.44 bits per heavy atom. The zero-order chi connectivity index (χ0) is 13.9. The number of rotatable bonds is 5. The van der Waals surface area contributed by atoms with Crippen molar-refractivity contribution in [1.29, 1.82) is 0 Å². The van der Waals surface area contributed by atoms with Crippen LogP contribution in [0.25, 0.3) is 0 Å². The molecule has 0 aliphatic carbocycles. The van der Waals surface area contributed by atoms with E-state index >= 15 is 0 Å². The number of hydrogen-bond donors (Lipinski definition) is 1. The van der Waals surface area contributed by atoms with Gasteiger partial charge in [-0.1, -0.05) is 6.92 Å². The number of nitrogens with zero attached hydrogens (tertiary/aromatic N) is 1. The molecule has 0 unspecified atom stereocenters. The molecule has 8 heteroatoms. The van der Waals surface area contributed by atoms with Gasteiger partial charge in [-0.15, -0.1) is 0 Å². The summed E-state index contributed by atoms with van der Waals surface area (Å²) in [7, 11) is -3.85. The zero-order valence-electron chi connectivity index (χ0n) is 9.94. The van der Waals surface area contributed by atoms with Crippen molar-refractivity contribution < 1.29 is 17.7 Å². The maximum atomic E-state index is 13.3. The number of nitro groups is 1. The summed E-state index contributed by atoms with van der Waals surface area (Å²) in [5.74, 6) is -1.05. The van der Waals surface area contributed by atoms with Crippen molar-refractivity contribution in [2.24, 2.45) is 0 Å². The molecule has 0 saturated heterocycles. The zero-order valence-corrected chi connectivity index (χ0v) is 10.8. The molecule has 0 amide bonds. The molecule has 0 aliphatic heterocycles. The third kappa shape index (κ3) is 3.02. The Balaban J connectivity index is 3.33. The molecular weight excluding hydrogens is 263 g/mol. The van der Waals surface area contributed by atoms with Gasteiger partial charge in [-0.25, -0.2) is 13.1 Å². The van der Waals surface area contributed by atoms with Gasteiger partial charge in [0, 0.05) is 12.6 Å². The first-order valence-corrected chi connectivity index (χ1v) is 6.72. The van der Waals surface area contributed by atoms with Crippen LogP contribution >= 0.6 is 0 Å². The fourth-order valence-corrected chi connectivity index (χ4v) is 2.76. The summed E-state index contributed by atoms with van der Waals surface area (Å²) in [4.78, 5) is 9.35. The first-order valence-electron chi connectivity index (χ1n) is 5.23. The van der Waals surface area contributed by atoms with Crippen LogP contribution in [0.5, 0.6) is 0 Å². The minimum atomic E-state index is -3.85. The summed E-state index contributed by atoms with van der Waals surface area (Å²) in [6.07, 6.45) is 0.585. The molecule has 6 nitrogen and oxygen atoms in total. The highest BCUT2D eigenvalue weighted by molar-refractivity contribution is 7.89. The van der Waals surface area contributed by atoms with E-state index in [1.54, 1.807) is 6.92 Å². The van der Waals surface area contributed by atoms with E-state index in [1.165, 1.54) is 6.92 Å². The second-order valence-electron chi connectivity index (χ2n) is 3.72. The monoisotopic (exact) mass is 276 g/mol. The molecule has 100 valence electrons. The highest BCUT2D eigenvalue weighted by atomic mass is 32.2. The summed E-state index contributed by atoms with van der Waals surface area (Å²) in [6.45, 7) is 3.38. The maximum absolute atomic E-state index is 13.3. The topological polar surface area (TPSA) is 89.3 Å². The van der Waals surface area contributed by atoms with Gasteiger partial charge in [0.15, 0.2) is 0 Å². The Morgan fingerprint density at radius 3 is 2.56 bits per heavy atom. The summed E-state index contributed by atoms with van der Waals surface area (Å²) >= 11 is 0. The Labute approximate surface area is 104 Å². The van der Waals surface area contributed by atoms with E-state index in [0.717, 1.165) is 12.1 Å². The largest absolute Gasteiger partial charge is 0.306 e. The Morgan fingerprint density at radius 2 is 2.06 bits per heavy atom. The minimum Gasteiger partial charge on any atom is -0.258 e. The van der Waals surface area contributed by atoms with Crippen molar-refractivity contribution >= 4 is 15.7 Å². The molecule has 0 radical (unpaired) electrons. The summed E-state index contributed by atoms with van der Waals surface area (Å²) in [5, 5.41) is 10.6. The van der Waals surface area contributed by atoms with Crippen LogP contribution in [0.3, 0.4) is 0 Å². The number of halogens is 1. The molecular formula is C10H13FN2O4S. The van der Waals surface area contributed by atoms with Gasteiger partial charge < -0.3 is 0 Å². The van der Waals surface area contributed by atoms with E-state index in [4.69, 9.17) is 0 Å². The normalized spacial score (nSPS) is 11.5. The molecule has 0 atom stereocenters. The van der Waals surface area contributed by atoms with E-state index in [0.29, 0.717) is 6.42 Å². The number of aryl methyl sites for hydroxylation is 1. The van der Waals surface area contributed by atoms with E-state index in [-0.39, 0.29) is 17.0 Å². The molecule has 18 heavy (non-hydrogen) atoms. The van der Waals surface area contributed by atoms with Crippen LogP contribution < -0.4 is 4.72 Å². The van der Waals surface area contributed by atoms with Gasteiger partial charge in [0.25, 0.3) is 0 Å². The van der Waals surface area contributed by atoms with Crippen LogP contribution in [0.2, 0.25) is 0 Å². The number of sulfonamides is 1. The fourth-order valence-electron chi connectivity index (χ4n) is 1.39. The Bertz CT molecular complexity index is 571. The van der Waals surface area contributed by atoms with Crippen molar-refractivity contribution in [3.8, 4) is 0 Å². The van der Waals surface area contributed by atoms with Crippen molar-refractivity contribution in [2.45, 2.75) is 25.2 Å². The summed E-state index contributed by atoms with van der Waals surface area (Å²) in [5.41, 5.74) is -0.723. The van der Waals surface area contributed by atoms with Crippen molar-refractivity contribution in [2.75, 3.05) is 6.54 Å². The Hall–Kier alpha value is -1.54. The average molecular weight is 276 g/mol. The van der Waals surface area contributed by atoms with Gasteiger partial charge in [-0.2, -0.15) is 4.39 Å². The predicted molar refractivity (Wildman–Crippen MR) is 63.3 cm³/mol. The standard InChI is InChI=1S/C10H13FN2O4S/c1-3-4-12-18(16,17)10-6-9(13(14)15)8(11)5-7(10)2/h5-6,12H,3-4H2,1-2H3. The molecule has 0 bridgehead atoms. The Kier molecular flexibility index (Phi) is 4.36. The van der Waals surface area contributed by atoms with E-state index < -0.39 is 26.5 Å².